The first-order valence-electron chi connectivity index (χ1n) is 9.50. The van der Waals surface area contributed by atoms with Crippen LogP contribution in [0.1, 0.15) is 16.1 Å². The van der Waals surface area contributed by atoms with E-state index in [4.69, 9.17) is 0 Å². The number of carbonyl (C=O) groups excluding carboxylic acids is 2. The lowest BCUT2D eigenvalue weighted by molar-refractivity contribution is -0.120. The molecular formula is C21H20N6O3. The molecule has 9 heteroatoms. The summed E-state index contributed by atoms with van der Waals surface area (Å²) in [6.45, 7) is 1.78. The summed E-state index contributed by atoms with van der Waals surface area (Å²) in [5.74, 6) is 0.179. The zero-order valence-electron chi connectivity index (χ0n) is 16.1. The van der Waals surface area contributed by atoms with Crippen LogP contribution in [0, 0.1) is 0 Å². The molecule has 2 amide bonds. The average molecular weight is 404 g/mol. The number of carbonyl (C=O) groups is 2. The Hall–Kier alpha value is -4.01. The molecule has 0 unspecified atom stereocenters. The third kappa shape index (κ3) is 4.52. The molecule has 0 spiro atoms. The third-order valence-electron chi connectivity index (χ3n) is 4.64. The van der Waals surface area contributed by atoms with Crippen molar-refractivity contribution in [3.05, 3.63) is 82.4 Å². The summed E-state index contributed by atoms with van der Waals surface area (Å²) in [6.07, 6.45) is 1.53. The first-order chi connectivity index (χ1) is 14.6. The SMILES string of the molecule is O=C1CN(c2ccc(NC(=O)c3ccc(=O)n(Cc4ccccc4)n3)cn2)CCN1. The summed E-state index contributed by atoms with van der Waals surface area (Å²) >= 11 is 0. The topological polar surface area (TPSA) is 109 Å². The largest absolute Gasteiger partial charge is 0.353 e. The molecule has 30 heavy (non-hydrogen) atoms. The zero-order chi connectivity index (χ0) is 20.9. The van der Waals surface area contributed by atoms with Crippen molar-refractivity contribution < 1.29 is 9.59 Å². The highest BCUT2D eigenvalue weighted by molar-refractivity contribution is 6.02. The molecule has 152 valence electrons. The number of hydrogen-bond acceptors (Lipinski definition) is 6. The van der Waals surface area contributed by atoms with Crippen molar-refractivity contribution in [2.75, 3.05) is 29.9 Å². The van der Waals surface area contributed by atoms with Gasteiger partial charge in [-0.15, -0.1) is 0 Å². The summed E-state index contributed by atoms with van der Waals surface area (Å²) in [4.78, 5) is 42.4. The van der Waals surface area contributed by atoms with E-state index in [2.05, 4.69) is 20.7 Å². The quantitative estimate of drug-likeness (QED) is 0.653. The predicted octanol–water partition coefficient (Wildman–Crippen LogP) is 0.875. The zero-order valence-corrected chi connectivity index (χ0v) is 16.1. The fourth-order valence-electron chi connectivity index (χ4n) is 3.12. The number of piperazine rings is 1. The lowest BCUT2D eigenvalue weighted by Crippen LogP contribution is -2.48. The van der Waals surface area contributed by atoms with Crippen molar-refractivity contribution in [3.8, 4) is 0 Å². The molecule has 0 aliphatic carbocycles. The van der Waals surface area contributed by atoms with Gasteiger partial charge in [-0.2, -0.15) is 5.10 Å². The lowest BCUT2D eigenvalue weighted by Gasteiger charge is -2.27. The summed E-state index contributed by atoms with van der Waals surface area (Å²) in [7, 11) is 0. The molecule has 0 bridgehead atoms. The number of rotatable bonds is 5. The van der Waals surface area contributed by atoms with Crippen LogP contribution in [0.3, 0.4) is 0 Å². The van der Waals surface area contributed by atoms with Crippen molar-refractivity contribution in [1.82, 2.24) is 20.1 Å². The number of benzene rings is 1. The number of amides is 2. The van der Waals surface area contributed by atoms with Crippen LogP contribution in [0.5, 0.6) is 0 Å². The van der Waals surface area contributed by atoms with Gasteiger partial charge in [-0.3, -0.25) is 14.4 Å². The van der Waals surface area contributed by atoms with E-state index in [1.165, 1.54) is 23.0 Å². The maximum Gasteiger partial charge on any atom is 0.276 e. The molecule has 4 rings (SSSR count). The minimum absolute atomic E-state index is 0.0443. The molecule has 2 N–H and O–H groups in total. The summed E-state index contributed by atoms with van der Waals surface area (Å²) in [5, 5.41) is 9.68. The van der Waals surface area contributed by atoms with Crippen LogP contribution in [-0.4, -0.2) is 46.2 Å². The molecule has 0 saturated carbocycles. The molecule has 1 aliphatic rings. The van der Waals surface area contributed by atoms with E-state index in [1.807, 2.05) is 35.2 Å². The lowest BCUT2D eigenvalue weighted by atomic mass is 10.2. The Balaban J connectivity index is 1.45. The van der Waals surface area contributed by atoms with Crippen LogP contribution >= 0.6 is 0 Å². The van der Waals surface area contributed by atoms with Gasteiger partial charge in [-0.1, -0.05) is 30.3 Å². The van der Waals surface area contributed by atoms with E-state index in [0.717, 1.165) is 5.56 Å². The number of anilines is 2. The van der Waals surface area contributed by atoms with E-state index >= 15 is 0 Å². The Morgan fingerprint density at radius 3 is 2.63 bits per heavy atom. The normalized spacial score (nSPS) is 13.6. The number of pyridine rings is 1. The Kier molecular flexibility index (Phi) is 5.51. The first kappa shape index (κ1) is 19.3. The predicted molar refractivity (Wildman–Crippen MR) is 111 cm³/mol. The Morgan fingerprint density at radius 1 is 1.07 bits per heavy atom. The van der Waals surface area contributed by atoms with Crippen molar-refractivity contribution >= 4 is 23.3 Å². The van der Waals surface area contributed by atoms with Crippen molar-refractivity contribution in [3.63, 3.8) is 0 Å². The second kappa shape index (κ2) is 8.56. The van der Waals surface area contributed by atoms with Gasteiger partial charge in [0.05, 0.1) is 25.0 Å². The summed E-state index contributed by atoms with van der Waals surface area (Å²) < 4.78 is 1.26. The number of nitrogens with zero attached hydrogens (tertiary/aromatic N) is 4. The van der Waals surface area contributed by atoms with Gasteiger partial charge in [0.15, 0.2) is 0 Å². The molecule has 1 fully saturated rings. The molecular weight excluding hydrogens is 384 g/mol. The highest BCUT2D eigenvalue weighted by Gasteiger charge is 2.17. The second-order valence-electron chi connectivity index (χ2n) is 6.83. The molecule has 1 aliphatic heterocycles. The van der Waals surface area contributed by atoms with Crippen molar-refractivity contribution in [2.24, 2.45) is 0 Å². The van der Waals surface area contributed by atoms with Gasteiger partial charge >= 0.3 is 0 Å². The molecule has 0 atom stereocenters. The second-order valence-corrected chi connectivity index (χ2v) is 6.83. The van der Waals surface area contributed by atoms with Crippen LogP contribution in [0.15, 0.2) is 65.6 Å². The maximum atomic E-state index is 12.6. The van der Waals surface area contributed by atoms with Crippen LogP contribution < -0.4 is 21.1 Å². The van der Waals surface area contributed by atoms with Crippen LogP contribution in [0.4, 0.5) is 11.5 Å². The van der Waals surface area contributed by atoms with Gasteiger partial charge in [0.1, 0.15) is 11.5 Å². The molecule has 9 nitrogen and oxygen atoms in total. The highest BCUT2D eigenvalue weighted by Crippen LogP contribution is 2.15. The fraction of sp³-hybridized carbons (Fsp3) is 0.190. The summed E-state index contributed by atoms with van der Waals surface area (Å²) in [6, 6.07) is 15.6. The highest BCUT2D eigenvalue weighted by atomic mass is 16.2. The Labute approximate surface area is 172 Å². The molecule has 2 aromatic heterocycles. The monoisotopic (exact) mass is 404 g/mol. The van der Waals surface area contributed by atoms with Gasteiger partial charge in [-0.05, 0) is 23.8 Å². The molecule has 3 aromatic rings. The van der Waals surface area contributed by atoms with Gasteiger partial charge in [0.25, 0.3) is 11.5 Å². The van der Waals surface area contributed by atoms with Crippen molar-refractivity contribution in [1.29, 1.82) is 0 Å². The molecule has 1 saturated heterocycles. The Morgan fingerprint density at radius 2 is 1.90 bits per heavy atom. The fourth-order valence-corrected chi connectivity index (χ4v) is 3.12. The first-order valence-corrected chi connectivity index (χ1v) is 9.50. The molecule has 3 heterocycles. The number of aromatic nitrogens is 3. The van der Waals surface area contributed by atoms with Crippen LogP contribution in [-0.2, 0) is 11.3 Å². The molecule has 1 aromatic carbocycles. The maximum absolute atomic E-state index is 12.6. The minimum Gasteiger partial charge on any atom is -0.353 e. The van der Waals surface area contributed by atoms with E-state index in [9.17, 15) is 14.4 Å². The smallest absolute Gasteiger partial charge is 0.276 e. The third-order valence-corrected chi connectivity index (χ3v) is 4.64. The standard InChI is InChI=1S/C21H20N6O3/c28-19-14-26(11-10-22-19)18-8-6-16(12-23-18)24-21(30)17-7-9-20(29)27(25-17)13-15-4-2-1-3-5-15/h1-9,12H,10-11,13-14H2,(H,22,28)(H,24,30). The average Bonchev–Trinajstić information content (AvgIpc) is 2.76. The van der Waals surface area contributed by atoms with E-state index < -0.39 is 5.91 Å². The minimum atomic E-state index is -0.441. The van der Waals surface area contributed by atoms with Gasteiger partial charge in [0.2, 0.25) is 5.91 Å². The van der Waals surface area contributed by atoms with Gasteiger partial charge < -0.3 is 15.5 Å². The van der Waals surface area contributed by atoms with E-state index in [0.29, 0.717) is 24.6 Å². The van der Waals surface area contributed by atoms with Crippen LogP contribution in [0.2, 0.25) is 0 Å². The van der Waals surface area contributed by atoms with E-state index in [-0.39, 0.29) is 30.2 Å². The van der Waals surface area contributed by atoms with Crippen molar-refractivity contribution in [2.45, 2.75) is 6.54 Å². The Bertz CT molecular complexity index is 1110. The van der Waals surface area contributed by atoms with E-state index in [1.54, 1.807) is 12.1 Å². The number of hydrogen-bond donors (Lipinski definition) is 2. The number of nitrogens with one attached hydrogen (secondary N) is 2. The van der Waals surface area contributed by atoms with Crippen LogP contribution in [0.25, 0.3) is 0 Å². The summed E-state index contributed by atoms with van der Waals surface area (Å²) in [5.41, 5.74) is 1.25. The van der Waals surface area contributed by atoms with Gasteiger partial charge in [-0.25, -0.2) is 9.67 Å². The molecule has 0 radical (unpaired) electrons. The van der Waals surface area contributed by atoms with Gasteiger partial charge in [0, 0.05) is 19.2 Å².